The summed E-state index contributed by atoms with van der Waals surface area (Å²) in [6.45, 7) is 0. The maximum atomic E-state index is 2.16. The third-order valence-corrected chi connectivity index (χ3v) is 11.1. The van der Waals surface area contributed by atoms with E-state index >= 15 is 0 Å². The van der Waals surface area contributed by atoms with Crippen molar-refractivity contribution in [2.45, 2.75) is 38.5 Å². The molecular formula is C22H24. The molecule has 0 aromatic rings. The van der Waals surface area contributed by atoms with Crippen molar-refractivity contribution in [1.29, 1.82) is 0 Å². The van der Waals surface area contributed by atoms with Crippen LogP contribution in [0.5, 0.6) is 0 Å². The van der Waals surface area contributed by atoms with Crippen LogP contribution in [0, 0.1) is 71.0 Å². The van der Waals surface area contributed by atoms with Gasteiger partial charge in [-0.15, -0.1) is 0 Å². The van der Waals surface area contributed by atoms with E-state index in [1.807, 2.05) is 0 Å². The number of allylic oxidation sites excluding steroid dienone is 4. The third-order valence-electron chi connectivity index (χ3n) is 11.1. The van der Waals surface area contributed by atoms with Crippen LogP contribution in [0.25, 0.3) is 0 Å². The SMILES string of the molecule is C1C[C@H]2[C@@H]3C4=C1[C@H]1[C@@H]2[C@@H]2CC[C@H]1C1=C2[C@H]2C[C@@H]3[C@H]3[C@H]2[C@H]1C[C@H]43. The van der Waals surface area contributed by atoms with Gasteiger partial charge in [0, 0.05) is 0 Å². The summed E-state index contributed by atoms with van der Waals surface area (Å²) in [5.74, 6) is 13.5. The molecule has 0 N–H and O–H groups in total. The zero-order chi connectivity index (χ0) is 13.5. The fourth-order valence-corrected chi connectivity index (χ4v) is 11.6. The van der Waals surface area contributed by atoms with Crippen molar-refractivity contribution in [3.8, 4) is 0 Å². The molecule has 0 amide bonds. The second-order valence-electron chi connectivity index (χ2n) is 10.6. The van der Waals surface area contributed by atoms with Crippen LogP contribution in [0.4, 0.5) is 0 Å². The third kappa shape index (κ3) is 0.700. The van der Waals surface area contributed by atoms with Crippen molar-refractivity contribution in [2.24, 2.45) is 71.0 Å². The molecule has 0 heteroatoms. The van der Waals surface area contributed by atoms with Crippen LogP contribution in [-0.2, 0) is 0 Å². The molecule has 4 bridgehead atoms. The van der Waals surface area contributed by atoms with E-state index in [0.29, 0.717) is 0 Å². The Hall–Kier alpha value is -0.520. The molecule has 10 rings (SSSR count). The van der Waals surface area contributed by atoms with E-state index in [-0.39, 0.29) is 0 Å². The molecule has 112 valence electrons. The van der Waals surface area contributed by atoms with Crippen LogP contribution >= 0.6 is 0 Å². The lowest BCUT2D eigenvalue weighted by atomic mass is 9.41. The topological polar surface area (TPSA) is 0 Å². The van der Waals surface area contributed by atoms with Crippen molar-refractivity contribution >= 4 is 0 Å². The Morgan fingerprint density at radius 3 is 2.36 bits per heavy atom. The summed E-state index contributed by atoms with van der Waals surface area (Å²) in [7, 11) is 0. The highest BCUT2D eigenvalue weighted by Gasteiger charge is 2.75. The molecule has 0 saturated heterocycles. The zero-order valence-electron chi connectivity index (χ0n) is 13.2. The maximum Gasteiger partial charge on any atom is -0.00975 e. The Labute approximate surface area is 132 Å². The quantitative estimate of drug-likeness (QED) is 0.578. The molecule has 0 aromatic carbocycles. The standard InChI is InChI=1S/C22H24/c1-2-8-16-10-4-3-9-15(16)7(1)17-11-5-13-19(9)20(10)14-6-12(18(8)17)21(11)22(13)14/h7-9,11-16,19,21-22H,1-6H2/t7-,8+,9+,11+,12-,13-,14+,15+,16-,19-,21+,22+/m0/s1. The Morgan fingerprint density at radius 1 is 0.545 bits per heavy atom. The Morgan fingerprint density at radius 2 is 1.36 bits per heavy atom. The fraction of sp³-hybridized carbons (Fsp3) is 0.818. The largest absolute Gasteiger partial charge is 0.0664 e. The van der Waals surface area contributed by atoms with Gasteiger partial charge in [-0.2, -0.15) is 0 Å². The van der Waals surface area contributed by atoms with Crippen molar-refractivity contribution < 1.29 is 0 Å². The number of fused-ring (bicyclic) bond motifs is 2. The summed E-state index contributed by atoms with van der Waals surface area (Å²) in [5.41, 5.74) is 8.58. The summed E-state index contributed by atoms with van der Waals surface area (Å²) in [6, 6.07) is 0. The van der Waals surface area contributed by atoms with Gasteiger partial charge >= 0.3 is 0 Å². The molecule has 10 aliphatic rings. The van der Waals surface area contributed by atoms with Crippen molar-refractivity contribution in [2.75, 3.05) is 0 Å². The molecule has 5 fully saturated rings. The first-order chi connectivity index (χ1) is 10.9. The van der Waals surface area contributed by atoms with Crippen LogP contribution in [0.2, 0.25) is 0 Å². The van der Waals surface area contributed by atoms with Gasteiger partial charge in [-0.1, -0.05) is 22.3 Å². The molecule has 12 atom stereocenters. The highest BCUT2D eigenvalue weighted by molar-refractivity contribution is 5.53. The fourth-order valence-electron chi connectivity index (χ4n) is 11.6. The molecule has 0 aromatic heterocycles. The van der Waals surface area contributed by atoms with Crippen molar-refractivity contribution in [3.63, 3.8) is 0 Å². The van der Waals surface area contributed by atoms with Crippen molar-refractivity contribution in [3.05, 3.63) is 22.3 Å². The van der Waals surface area contributed by atoms with Gasteiger partial charge in [-0.05, 0) is 110 Å². The van der Waals surface area contributed by atoms with Gasteiger partial charge in [-0.25, -0.2) is 0 Å². The molecule has 0 heterocycles. The average molecular weight is 288 g/mol. The van der Waals surface area contributed by atoms with E-state index in [0.717, 1.165) is 59.2 Å². The highest BCUT2D eigenvalue weighted by Crippen LogP contribution is 2.83. The maximum absolute atomic E-state index is 2.16. The predicted molar refractivity (Wildman–Crippen MR) is 83.6 cm³/mol. The van der Waals surface area contributed by atoms with E-state index in [2.05, 4.69) is 22.3 Å². The monoisotopic (exact) mass is 288 g/mol. The van der Waals surface area contributed by atoms with Gasteiger partial charge in [-0.3, -0.25) is 0 Å². The molecule has 0 unspecified atom stereocenters. The average Bonchev–Trinajstić information content (AvgIpc) is 3.26. The van der Waals surface area contributed by atoms with E-state index in [4.69, 9.17) is 0 Å². The molecule has 5 saturated carbocycles. The van der Waals surface area contributed by atoms with Gasteiger partial charge in [0.05, 0.1) is 0 Å². The summed E-state index contributed by atoms with van der Waals surface area (Å²) in [4.78, 5) is 0. The summed E-state index contributed by atoms with van der Waals surface area (Å²) >= 11 is 0. The smallest absolute Gasteiger partial charge is 0.00975 e. The first kappa shape index (κ1) is 10.4. The number of hydrogen-bond acceptors (Lipinski definition) is 0. The molecule has 22 heavy (non-hydrogen) atoms. The van der Waals surface area contributed by atoms with Crippen LogP contribution in [0.1, 0.15) is 38.5 Å². The van der Waals surface area contributed by atoms with E-state index in [1.54, 1.807) is 32.1 Å². The van der Waals surface area contributed by atoms with Gasteiger partial charge in [0.1, 0.15) is 0 Å². The second-order valence-corrected chi connectivity index (χ2v) is 10.6. The lowest BCUT2D eigenvalue weighted by Crippen LogP contribution is -2.55. The number of rotatable bonds is 0. The van der Waals surface area contributed by atoms with Gasteiger partial charge in [0.15, 0.2) is 0 Å². The van der Waals surface area contributed by atoms with E-state index < -0.39 is 0 Å². The zero-order valence-corrected chi connectivity index (χ0v) is 13.2. The lowest BCUT2D eigenvalue weighted by molar-refractivity contribution is -0.0131. The normalized spacial score (nSPS) is 72.0. The first-order valence-electron chi connectivity index (χ1n) is 10.4. The van der Waals surface area contributed by atoms with Crippen molar-refractivity contribution in [1.82, 2.24) is 0 Å². The minimum absolute atomic E-state index is 1.06. The second kappa shape index (κ2) is 2.72. The minimum Gasteiger partial charge on any atom is -0.0664 e. The van der Waals surface area contributed by atoms with Crippen LogP contribution in [-0.4, -0.2) is 0 Å². The summed E-state index contributed by atoms with van der Waals surface area (Å²) in [5, 5.41) is 0. The molecular weight excluding hydrogens is 264 g/mol. The van der Waals surface area contributed by atoms with Gasteiger partial charge < -0.3 is 0 Å². The Bertz CT molecular complexity index is 752. The lowest BCUT2D eigenvalue weighted by Gasteiger charge is -2.63. The minimum atomic E-state index is 1.06. The van der Waals surface area contributed by atoms with Crippen LogP contribution < -0.4 is 0 Å². The molecule has 10 aliphatic carbocycles. The highest BCUT2D eigenvalue weighted by atomic mass is 14.8. The molecule has 0 spiro atoms. The molecule has 0 nitrogen and oxygen atoms in total. The van der Waals surface area contributed by atoms with E-state index in [1.165, 1.54) is 18.3 Å². The molecule has 0 aliphatic heterocycles. The van der Waals surface area contributed by atoms with Gasteiger partial charge in [0.2, 0.25) is 0 Å². The summed E-state index contributed by atoms with van der Waals surface area (Å²) in [6.07, 6.45) is 9.62. The van der Waals surface area contributed by atoms with E-state index in [9.17, 15) is 0 Å². The predicted octanol–water partition coefficient (Wildman–Crippen LogP) is 4.44. The van der Waals surface area contributed by atoms with Crippen LogP contribution in [0.15, 0.2) is 22.3 Å². The first-order valence-corrected chi connectivity index (χ1v) is 10.4. The van der Waals surface area contributed by atoms with Gasteiger partial charge in [0.25, 0.3) is 0 Å². The number of hydrogen-bond donors (Lipinski definition) is 0. The Balaban J connectivity index is 1.54. The van der Waals surface area contributed by atoms with Crippen LogP contribution in [0.3, 0.4) is 0 Å². The summed E-state index contributed by atoms with van der Waals surface area (Å²) < 4.78 is 0. The molecule has 0 radical (unpaired) electrons. The Kier molecular flexibility index (Phi) is 1.28.